The molecule has 10 heteroatoms. The first-order chi connectivity index (χ1) is 24.0. The van der Waals surface area contributed by atoms with E-state index in [2.05, 4.69) is 48.1 Å². The van der Waals surface area contributed by atoms with Gasteiger partial charge in [0.15, 0.2) is 0 Å². The average molecular weight is 730 g/mol. The van der Waals surface area contributed by atoms with E-state index in [1.807, 2.05) is 37.4 Å². The van der Waals surface area contributed by atoms with Crippen LogP contribution in [0.25, 0.3) is 0 Å². The van der Waals surface area contributed by atoms with Crippen molar-refractivity contribution in [2.24, 2.45) is 11.8 Å². The van der Waals surface area contributed by atoms with Crippen LogP contribution in [0.4, 0.5) is 0 Å². The van der Waals surface area contributed by atoms with E-state index >= 15 is 0 Å². The van der Waals surface area contributed by atoms with Crippen LogP contribution >= 0.6 is 11.6 Å². The standard InChI is InChI=1S/C40H60ClN3O5S/c1-6-9-33-26-36(41)14-18-38(33)35(29-49-37-15-11-32(12-16-37)30(2)45)28-42(4)27-34-13-17-39(34)40(10-7-8-19-43(5)31(3)46)48-23-20-44-21-24-50(47)25-22-44/h7,10-12,14-16,18,26,30,34-35,39-40,45H,6,8-9,13,17,19-25,27-29H2,1-5H3/b10-7+. The van der Waals surface area contributed by atoms with Crippen LogP contribution in [0.5, 0.6) is 5.75 Å². The molecule has 0 bridgehead atoms. The third-order valence-corrected chi connectivity index (χ3v) is 11.8. The van der Waals surface area contributed by atoms with Crippen molar-refractivity contribution in [2.75, 3.05) is 78.1 Å². The molecule has 2 aliphatic rings. The predicted molar refractivity (Wildman–Crippen MR) is 206 cm³/mol. The Morgan fingerprint density at radius 2 is 1.88 bits per heavy atom. The number of ether oxygens (including phenoxy) is 2. The van der Waals surface area contributed by atoms with Crippen molar-refractivity contribution in [3.05, 3.63) is 76.3 Å². The number of aliphatic hydroxyl groups excluding tert-OH is 1. The number of aliphatic hydroxyl groups is 1. The highest BCUT2D eigenvalue weighted by Gasteiger charge is 2.37. The first-order valence-corrected chi connectivity index (χ1v) is 20.4. The van der Waals surface area contributed by atoms with Crippen LogP contribution < -0.4 is 4.74 Å². The summed E-state index contributed by atoms with van der Waals surface area (Å²) < 4.78 is 24.8. The zero-order chi connectivity index (χ0) is 36.0. The number of nitrogens with zero attached hydrogens (tertiary/aromatic N) is 3. The van der Waals surface area contributed by atoms with E-state index in [9.17, 15) is 14.1 Å². The van der Waals surface area contributed by atoms with Crippen LogP contribution in [0.1, 0.15) is 75.2 Å². The van der Waals surface area contributed by atoms with Gasteiger partial charge in [-0.25, -0.2) is 0 Å². The summed E-state index contributed by atoms with van der Waals surface area (Å²) in [5, 5.41) is 10.7. The lowest BCUT2D eigenvalue weighted by Gasteiger charge is -2.43. The van der Waals surface area contributed by atoms with Gasteiger partial charge in [0, 0.05) is 86.5 Å². The zero-order valence-corrected chi connectivity index (χ0v) is 32.5. The number of amides is 1. The fourth-order valence-electron chi connectivity index (χ4n) is 7.04. The van der Waals surface area contributed by atoms with E-state index in [1.54, 1.807) is 18.7 Å². The normalized spacial score (nSPS) is 20.5. The fraction of sp³-hybridized carbons (Fsp3) is 0.625. The Kier molecular flexibility index (Phi) is 16.8. The number of halogens is 1. The number of carbonyl (C=O) groups is 1. The van der Waals surface area contributed by atoms with Gasteiger partial charge in [-0.2, -0.15) is 0 Å². The lowest BCUT2D eigenvalue weighted by atomic mass is 9.70. The van der Waals surface area contributed by atoms with E-state index in [0.29, 0.717) is 31.6 Å². The number of likely N-dealkylation sites (N-methyl/N-ethyl adjacent to an activating group) is 1. The van der Waals surface area contributed by atoms with Gasteiger partial charge in [-0.05, 0) is 92.4 Å². The topological polar surface area (TPSA) is 82.6 Å². The second kappa shape index (κ2) is 20.7. The van der Waals surface area contributed by atoms with Gasteiger partial charge in [-0.15, -0.1) is 0 Å². The number of rotatable bonds is 20. The number of carbonyl (C=O) groups excluding carboxylic acids is 1. The van der Waals surface area contributed by atoms with E-state index in [4.69, 9.17) is 21.1 Å². The number of hydrogen-bond donors (Lipinski definition) is 1. The molecule has 1 saturated carbocycles. The monoisotopic (exact) mass is 729 g/mol. The van der Waals surface area contributed by atoms with Crippen molar-refractivity contribution in [3.8, 4) is 5.75 Å². The summed E-state index contributed by atoms with van der Waals surface area (Å²) in [5.74, 6) is 3.48. The quantitative estimate of drug-likeness (QED) is 0.159. The van der Waals surface area contributed by atoms with E-state index in [0.717, 1.165) is 86.2 Å². The maximum absolute atomic E-state index is 11.8. The number of hydrogen-bond acceptors (Lipinski definition) is 7. The average Bonchev–Trinajstić information content (AvgIpc) is 3.08. The van der Waals surface area contributed by atoms with Crippen molar-refractivity contribution in [1.82, 2.24) is 14.7 Å². The van der Waals surface area contributed by atoms with Crippen LogP contribution in [0.2, 0.25) is 5.02 Å². The Labute approximate surface area is 308 Å². The van der Waals surface area contributed by atoms with Gasteiger partial charge in [0.25, 0.3) is 0 Å². The summed E-state index contributed by atoms with van der Waals surface area (Å²) in [6, 6.07) is 14.0. The Morgan fingerprint density at radius 1 is 1.14 bits per heavy atom. The highest BCUT2D eigenvalue weighted by atomic mass is 35.5. The van der Waals surface area contributed by atoms with Crippen molar-refractivity contribution in [1.29, 1.82) is 0 Å². The van der Waals surface area contributed by atoms with Gasteiger partial charge in [-0.1, -0.05) is 55.3 Å². The number of benzene rings is 2. The van der Waals surface area contributed by atoms with Gasteiger partial charge in [0.1, 0.15) is 5.75 Å². The van der Waals surface area contributed by atoms with E-state index in [-0.39, 0.29) is 17.9 Å². The molecule has 1 aliphatic carbocycles. The van der Waals surface area contributed by atoms with Gasteiger partial charge < -0.3 is 24.4 Å². The maximum atomic E-state index is 11.8. The van der Waals surface area contributed by atoms with Gasteiger partial charge >= 0.3 is 0 Å². The van der Waals surface area contributed by atoms with Crippen LogP contribution in [-0.2, 0) is 26.8 Å². The Bertz CT molecular complexity index is 1380. The fourth-order valence-corrected chi connectivity index (χ4v) is 8.36. The van der Waals surface area contributed by atoms with Crippen molar-refractivity contribution in [2.45, 2.75) is 71.0 Å². The molecule has 1 heterocycles. The SMILES string of the molecule is CCCc1cc(Cl)ccc1C(COc1ccc(C(C)O)cc1)CN(C)CC1CCC1C(/C=C/CCN(C)C(C)=O)OCCN1CCS(=O)CC1. The lowest BCUT2D eigenvalue weighted by molar-refractivity contribution is -0.127. The van der Waals surface area contributed by atoms with E-state index in [1.165, 1.54) is 17.5 Å². The van der Waals surface area contributed by atoms with Crippen LogP contribution in [0.15, 0.2) is 54.6 Å². The highest BCUT2D eigenvalue weighted by Crippen LogP contribution is 2.39. The third kappa shape index (κ3) is 12.7. The summed E-state index contributed by atoms with van der Waals surface area (Å²) in [6.45, 7) is 11.9. The molecule has 2 aromatic carbocycles. The minimum atomic E-state index is -0.681. The summed E-state index contributed by atoms with van der Waals surface area (Å²) in [6.07, 6.45) is 9.05. The Balaban J connectivity index is 1.42. The maximum Gasteiger partial charge on any atom is 0.219 e. The minimum Gasteiger partial charge on any atom is -0.493 e. The van der Waals surface area contributed by atoms with Gasteiger partial charge in [0.05, 0.1) is 25.4 Å². The van der Waals surface area contributed by atoms with Gasteiger partial charge in [-0.3, -0.25) is 13.9 Å². The smallest absolute Gasteiger partial charge is 0.219 e. The third-order valence-electron chi connectivity index (χ3n) is 10.3. The summed E-state index contributed by atoms with van der Waals surface area (Å²) in [7, 11) is 3.38. The minimum absolute atomic E-state index is 0.0277. The Morgan fingerprint density at radius 3 is 2.52 bits per heavy atom. The molecule has 0 spiro atoms. The molecular weight excluding hydrogens is 670 g/mol. The molecule has 4 rings (SSSR count). The van der Waals surface area contributed by atoms with Crippen LogP contribution in [0.3, 0.4) is 0 Å². The molecule has 0 radical (unpaired) electrons. The first-order valence-electron chi connectivity index (χ1n) is 18.5. The second-order valence-electron chi connectivity index (χ2n) is 14.3. The first kappa shape index (κ1) is 40.5. The molecule has 278 valence electrons. The highest BCUT2D eigenvalue weighted by molar-refractivity contribution is 7.85. The van der Waals surface area contributed by atoms with Crippen molar-refractivity contribution < 1.29 is 23.6 Å². The Hall–Kier alpha value is -2.27. The molecule has 1 saturated heterocycles. The molecule has 1 N–H and O–H groups in total. The summed E-state index contributed by atoms with van der Waals surface area (Å²) in [4.78, 5) is 18.3. The van der Waals surface area contributed by atoms with Crippen LogP contribution in [0, 0.1) is 11.8 Å². The van der Waals surface area contributed by atoms with E-state index < -0.39 is 16.9 Å². The molecule has 1 amide bonds. The van der Waals surface area contributed by atoms with Gasteiger partial charge in [0.2, 0.25) is 5.91 Å². The zero-order valence-electron chi connectivity index (χ0n) is 30.9. The second-order valence-corrected chi connectivity index (χ2v) is 16.4. The van der Waals surface area contributed by atoms with Crippen molar-refractivity contribution in [3.63, 3.8) is 0 Å². The summed E-state index contributed by atoms with van der Waals surface area (Å²) >= 11 is 6.47. The van der Waals surface area contributed by atoms with Crippen LogP contribution in [-0.4, -0.2) is 114 Å². The predicted octanol–water partition coefficient (Wildman–Crippen LogP) is 6.34. The lowest BCUT2D eigenvalue weighted by Crippen LogP contribution is -2.45. The number of aryl methyl sites for hydroxylation is 1. The molecule has 5 unspecified atom stereocenters. The summed E-state index contributed by atoms with van der Waals surface area (Å²) in [5.41, 5.74) is 3.44. The molecular formula is C40H60ClN3O5S. The van der Waals surface area contributed by atoms with Crippen molar-refractivity contribution >= 4 is 28.3 Å². The molecule has 0 aromatic heterocycles. The molecule has 8 nitrogen and oxygen atoms in total. The largest absolute Gasteiger partial charge is 0.493 e. The molecule has 5 atom stereocenters. The molecule has 1 aliphatic heterocycles. The molecule has 2 fully saturated rings. The molecule has 2 aromatic rings. The molecule has 50 heavy (non-hydrogen) atoms.